The molecule has 0 radical (unpaired) electrons. The Morgan fingerprint density at radius 2 is 1.57 bits per heavy atom. The summed E-state index contributed by atoms with van der Waals surface area (Å²) in [7, 11) is 0. The molecule has 1 aromatic carbocycles. The molecule has 1 N–H and O–H groups in total. The van der Waals surface area contributed by atoms with Crippen LogP contribution in [0.4, 0.5) is 26.3 Å². The number of nitrogens with zero attached hydrogens (tertiary/aromatic N) is 3. The van der Waals surface area contributed by atoms with Crippen molar-refractivity contribution < 1.29 is 31.4 Å². The van der Waals surface area contributed by atoms with Gasteiger partial charge in [0, 0.05) is 24.0 Å². The summed E-state index contributed by atoms with van der Waals surface area (Å²) in [5, 5.41) is 18.6. The number of halogens is 6. The lowest BCUT2D eigenvalue weighted by Crippen LogP contribution is -2.11. The summed E-state index contributed by atoms with van der Waals surface area (Å²) in [6.07, 6.45) is -9.50. The van der Waals surface area contributed by atoms with Crippen LogP contribution in [-0.4, -0.2) is 26.9 Å². The molecule has 3 rings (SSSR count). The smallest absolute Gasteiger partial charge is 0.396 e. The van der Waals surface area contributed by atoms with Crippen LogP contribution in [0.2, 0.25) is 0 Å². The van der Waals surface area contributed by atoms with Gasteiger partial charge in [-0.15, -0.1) is 21.5 Å². The molecule has 0 aliphatic heterocycles. The minimum absolute atomic E-state index is 0.00389. The Morgan fingerprint density at radius 3 is 2.14 bits per heavy atom. The third-order valence-corrected chi connectivity index (χ3v) is 6.29. The normalized spacial score (nSPS) is 12.5. The molecule has 4 nitrogen and oxygen atoms in total. The van der Waals surface area contributed by atoms with Crippen LogP contribution in [0.3, 0.4) is 0 Å². The van der Waals surface area contributed by atoms with Gasteiger partial charge in [0.2, 0.25) is 0 Å². The van der Waals surface area contributed by atoms with Gasteiger partial charge in [0.25, 0.3) is 0 Å². The van der Waals surface area contributed by atoms with Crippen LogP contribution in [0.25, 0.3) is 11.3 Å². The minimum atomic E-state index is -4.92. The second-order valence-electron chi connectivity index (χ2n) is 5.33. The van der Waals surface area contributed by atoms with E-state index < -0.39 is 23.5 Å². The number of aliphatic hydroxyl groups excluding tert-OH is 1. The lowest BCUT2D eigenvalue weighted by molar-refractivity contribution is -0.143. The first-order valence-electron chi connectivity index (χ1n) is 7.43. The van der Waals surface area contributed by atoms with Crippen molar-refractivity contribution in [1.82, 2.24) is 15.2 Å². The second kappa shape index (κ2) is 7.97. The fraction of sp³-hybridized carbons (Fsp3) is 0.267. The first-order chi connectivity index (χ1) is 13.1. The highest BCUT2D eigenvalue weighted by Gasteiger charge is 2.37. The number of aliphatic hydroxyl groups is 1. The van der Waals surface area contributed by atoms with Crippen molar-refractivity contribution in [2.75, 3.05) is 6.61 Å². The van der Waals surface area contributed by atoms with Crippen LogP contribution in [0, 0.1) is 0 Å². The Morgan fingerprint density at radius 1 is 0.929 bits per heavy atom. The Bertz CT molecular complexity index is 934. The zero-order valence-electron chi connectivity index (χ0n) is 13.5. The van der Waals surface area contributed by atoms with Crippen molar-refractivity contribution in [3.63, 3.8) is 0 Å². The molecular formula is C15H9F6N3OS3. The van der Waals surface area contributed by atoms with Gasteiger partial charge in [0.05, 0.1) is 16.8 Å². The van der Waals surface area contributed by atoms with Gasteiger partial charge in [-0.3, -0.25) is 0 Å². The monoisotopic (exact) mass is 457 g/mol. The largest absolute Gasteiger partial charge is 0.416 e. The van der Waals surface area contributed by atoms with Crippen LogP contribution >= 0.6 is 34.4 Å². The lowest BCUT2D eigenvalue weighted by Gasteiger charge is -2.13. The molecule has 0 saturated carbocycles. The molecule has 28 heavy (non-hydrogen) atoms. The topological polar surface area (TPSA) is 58.9 Å². The van der Waals surface area contributed by atoms with E-state index in [0.29, 0.717) is 32.2 Å². The Balaban J connectivity index is 1.91. The Labute approximate surface area is 166 Å². The summed E-state index contributed by atoms with van der Waals surface area (Å²) < 4.78 is 78.8. The van der Waals surface area contributed by atoms with Gasteiger partial charge in [-0.2, -0.15) is 26.3 Å². The number of rotatable bonds is 5. The molecule has 0 spiro atoms. The van der Waals surface area contributed by atoms with Crippen molar-refractivity contribution in [1.29, 1.82) is 0 Å². The van der Waals surface area contributed by atoms with Crippen LogP contribution in [0.5, 0.6) is 0 Å². The predicted octanol–water partition coefficient (Wildman–Crippen LogP) is 5.39. The molecular weight excluding hydrogens is 448 g/mol. The molecule has 0 unspecified atom stereocenters. The van der Waals surface area contributed by atoms with E-state index in [9.17, 15) is 26.3 Å². The average molecular weight is 457 g/mol. The number of benzene rings is 1. The summed E-state index contributed by atoms with van der Waals surface area (Å²) in [5.41, 5.74) is -3.05. The molecule has 0 amide bonds. The van der Waals surface area contributed by atoms with E-state index in [1.54, 1.807) is 0 Å². The van der Waals surface area contributed by atoms with E-state index in [4.69, 9.17) is 5.11 Å². The first kappa shape index (κ1) is 21.0. The van der Waals surface area contributed by atoms with E-state index in [-0.39, 0.29) is 23.9 Å². The molecule has 0 atom stereocenters. The number of hydrogen-bond donors (Lipinski definition) is 1. The van der Waals surface area contributed by atoms with E-state index in [0.717, 1.165) is 23.1 Å². The molecule has 2 aromatic heterocycles. The van der Waals surface area contributed by atoms with E-state index in [2.05, 4.69) is 15.2 Å². The zero-order valence-corrected chi connectivity index (χ0v) is 16.0. The molecule has 0 fully saturated rings. The van der Waals surface area contributed by atoms with Gasteiger partial charge in [-0.05, 0) is 30.0 Å². The maximum Gasteiger partial charge on any atom is 0.416 e. The van der Waals surface area contributed by atoms with Crippen molar-refractivity contribution in [2.24, 2.45) is 0 Å². The number of hydrogen-bond acceptors (Lipinski definition) is 7. The fourth-order valence-corrected chi connectivity index (χ4v) is 5.00. The predicted molar refractivity (Wildman–Crippen MR) is 92.4 cm³/mol. The Kier molecular flexibility index (Phi) is 5.98. The highest BCUT2D eigenvalue weighted by Crippen LogP contribution is 2.40. The standard InChI is InChI=1S/C15H9F6N3OS3/c16-14(17,18)8-3-7(4-9(5-8)15(19,20)21)10-6-26-12(22-10)28-13-24-23-11(27-13)1-2-25/h3-6,25H,1-2H2. The van der Waals surface area contributed by atoms with E-state index in [1.807, 2.05) is 0 Å². The molecule has 3 aromatic rings. The molecule has 150 valence electrons. The third-order valence-electron chi connectivity index (χ3n) is 3.32. The summed E-state index contributed by atoms with van der Waals surface area (Å²) in [6, 6.07) is 1.36. The number of alkyl halides is 6. The summed E-state index contributed by atoms with van der Waals surface area (Å²) >= 11 is 3.38. The molecule has 0 aliphatic carbocycles. The Hall–Kier alpha value is -1.70. The average Bonchev–Trinajstić information content (AvgIpc) is 3.23. The van der Waals surface area contributed by atoms with Gasteiger partial charge in [-0.25, -0.2) is 4.98 Å². The maximum atomic E-state index is 13.0. The summed E-state index contributed by atoms with van der Waals surface area (Å²) in [4.78, 5) is 4.11. The highest BCUT2D eigenvalue weighted by molar-refractivity contribution is 8.02. The lowest BCUT2D eigenvalue weighted by atomic mass is 10.0. The van der Waals surface area contributed by atoms with Gasteiger partial charge >= 0.3 is 12.4 Å². The van der Waals surface area contributed by atoms with Crippen molar-refractivity contribution in [2.45, 2.75) is 27.5 Å². The number of thiazole rings is 1. The SMILES string of the molecule is OCCc1nnc(Sc2nc(-c3cc(C(F)(F)F)cc(C(F)(F)F)c3)cs2)s1. The number of aromatic nitrogens is 3. The molecule has 0 aliphatic rings. The van der Waals surface area contributed by atoms with Gasteiger partial charge in [0.15, 0.2) is 8.68 Å². The van der Waals surface area contributed by atoms with Gasteiger partial charge < -0.3 is 5.11 Å². The maximum absolute atomic E-state index is 13.0. The van der Waals surface area contributed by atoms with Gasteiger partial charge in [-0.1, -0.05) is 11.3 Å². The minimum Gasteiger partial charge on any atom is -0.396 e. The molecule has 0 saturated heterocycles. The second-order valence-corrected chi connectivity index (χ2v) is 8.75. The fourth-order valence-electron chi connectivity index (χ4n) is 2.09. The third kappa shape index (κ3) is 5.01. The van der Waals surface area contributed by atoms with Crippen LogP contribution in [-0.2, 0) is 18.8 Å². The first-order valence-corrected chi connectivity index (χ1v) is 9.94. The highest BCUT2D eigenvalue weighted by atomic mass is 32.2. The van der Waals surface area contributed by atoms with Crippen LogP contribution < -0.4 is 0 Å². The molecule has 13 heteroatoms. The summed E-state index contributed by atoms with van der Waals surface area (Å²) in [5.74, 6) is 0. The van der Waals surface area contributed by atoms with E-state index in [1.165, 1.54) is 16.7 Å². The van der Waals surface area contributed by atoms with Crippen molar-refractivity contribution in [3.8, 4) is 11.3 Å². The summed E-state index contributed by atoms with van der Waals surface area (Å²) in [6.45, 7) is -0.0855. The van der Waals surface area contributed by atoms with Crippen LogP contribution in [0.15, 0.2) is 32.3 Å². The van der Waals surface area contributed by atoms with Crippen LogP contribution in [0.1, 0.15) is 16.1 Å². The zero-order chi connectivity index (χ0) is 20.5. The molecule has 0 bridgehead atoms. The van der Waals surface area contributed by atoms with Gasteiger partial charge in [0.1, 0.15) is 5.01 Å². The molecule has 2 heterocycles. The van der Waals surface area contributed by atoms with Crippen molar-refractivity contribution >= 4 is 34.4 Å². The van der Waals surface area contributed by atoms with E-state index >= 15 is 0 Å². The quantitative estimate of drug-likeness (QED) is 0.521. The van der Waals surface area contributed by atoms with Crippen molar-refractivity contribution in [3.05, 3.63) is 39.7 Å².